The molecule has 114 valence electrons. The Morgan fingerprint density at radius 2 is 2.19 bits per heavy atom. The van der Waals surface area contributed by atoms with Gasteiger partial charge in [0, 0.05) is 13.1 Å². The van der Waals surface area contributed by atoms with E-state index in [-0.39, 0.29) is 0 Å². The molecular weight excluding hydrogens is 332 g/mol. The van der Waals surface area contributed by atoms with Crippen molar-refractivity contribution in [2.75, 3.05) is 7.05 Å². The quantitative estimate of drug-likeness (QED) is 0.832. The first-order valence-corrected chi connectivity index (χ1v) is 7.82. The van der Waals surface area contributed by atoms with Crippen molar-refractivity contribution in [3.63, 3.8) is 0 Å². The van der Waals surface area contributed by atoms with Crippen LogP contribution < -0.4 is 10.1 Å². The molecule has 6 heteroatoms. The Balaban J connectivity index is 2.01. The number of aromatic nitrogens is 3. The summed E-state index contributed by atoms with van der Waals surface area (Å²) in [5, 5.41) is 7.36. The maximum atomic E-state index is 5.85. The van der Waals surface area contributed by atoms with Crippen molar-refractivity contribution in [2.24, 2.45) is 5.92 Å². The normalized spacial score (nSPS) is 11.1. The van der Waals surface area contributed by atoms with Crippen LogP contribution in [0.15, 0.2) is 29.0 Å². The number of nitrogens with zero attached hydrogens (tertiary/aromatic N) is 3. The Hall–Kier alpha value is -1.40. The summed E-state index contributed by atoms with van der Waals surface area (Å²) >= 11 is 3.54. The third kappa shape index (κ3) is 4.54. The van der Waals surface area contributed by atoms with E-state index in [1.165, 1.54) is 5.56 Å². The molecular formula is C15H21BrN4O. The maximum Gasteiger partial charge on any atom is 0.164 e. The van der Waals surface area contributed by atoms with Gasteiger partial charge in [0.25, 0.3) is 0 Å². The van der Waals surface area contributed by atoms with Crippen LogP contribution in [0.1, 0.15) is 25.2 Å². The highest BCUT2D eigenvalue weighted by molar-refractivity contribution is 9.10. The first-order valence-electron chi connectivity index (χ1n) is 7.02. The van der Waals surface area contributed by atoms with E-state index in [0.717, 1.165) is 29.1 Å². The predicted molar refractivity (Wildman–Crippen MR) is 86.1 cm³/mol. The summed E-state index contributed by atoms with van der Waals surface area (Å²) in [4.78, 5) is 4.26. The van der Waals surface area contributed by atoms with Crippen molar-refractivity contribution in [2.45, 2.75) is 33.5 Å². The molecule has 2 aromatic rings. The third-order valence-corrected chi connectivity index (χ3v) is 3.59. The second-order valence-electron chi connectivity index (χ2n) is 5.34. The molecule has 0 radical (unpaired) electrons. The average molecular weight is 353 g/mol. The molecule has 0 fully saturated rings. The van der Waals surface area contributed by atoms with Crippen LogP contribution >= 0.6 is 15.9 Å². The van der Waals surface area contributed by atoms with Gasteiger partial charge in [-0.1, -0.05) is 19.9 Å². The van der Waals surface area contributed by atoms with Crippen molar-refractivity contribution in [1.29, 1.82) is 0 Å². The molecule has 0 aliphatic heterocycles. The largest absolute Gasteiger partial charge is 0.484 e. The Bertz CT molecular complexity index is 583. The van der Waals surface area contributed by atoms with E-state index in [1.807, 2.05) is 17.8 Å². The first kappa shape index (κ1) is 16.0. The fraction of sp³-hybridized carbons (Fsp3) is 0.467. The SMILES string of the molecule is CNCc1ccc(OCc2ncnn2CC(C)C)c(Br)c1. The number of nitrogens with one attached hydrogen (secondary N) is 1. The molecule has 0 amide bonds. The molecule has 2 rings (SSSR count). The Morgan fingerprint density at radius 3 is 2.86 bits per heavy atom. The van der Waals surface area contributed by atoms with Crippen LogP contribution in [0.4, 0.5) is 0 Å². The van der Waals surface area contributed by atoms with Crippen LogP contribution in [0.2, 0.25) is 0 Å². The summed E-state index contributed by atoms with van der Waals surface area (Å²) in [7, 11) is 1.93. The zero-order valence-electron chi connectivity index (χ0n) is 12.6. The average Bonchev–Trinajstić information content (AvgIpc) is 2.85. The Labute approximate surface area is 133 Å². The Morgan fingerprint density at radius 1 is 1.38 bits per heavy atom. The third-order valence-electron chi connectivity index (χ3n) is 2.97. The lowest BCUT2D eigenvalue weighted by Gasteiger charge is -2.11. The number of hydrogen-bond donors (Lipinski definition) is 1. The summed E-state index contributed by atoms with van der Waals surface area (Å²) in [6.45, 7) is 6.41. The lowest BCUT2D eigenvalue weighted by atomic mass is 10.2. The van der Waals surface area contributed by atoms with Gasteiger partial charge >= 0.3 is 0 Å². The fourth-order valence-electron chi connectivity index (χ4n) is 2.02. The van der Waals surface area contributed by atoms with Crippen molar-refractivity contribution in [1.82, 2.24) is 20.1 Å². The van der Waals surface area contributed by atoms with Gasteiger partial charge in [-0.05, 0) is 46.6 Å². The summed E-state index contributed by atoms with van der Waals surface area (Å²) in [5.74, 6) is 2.18. The van der Waals surface area contributed by atoms with Gasteiger partial charge in [0.2, 0.25) is 0 Å². The number of rotatable bonds is 7. The van der Waals surface area contributed by atoms with Gasteiger partial charge in [-0.15, -0.1) is 0 Å². The topological polar surface area (TPSA) is 52.0 Å². The van der Waals surface area contributed by atoms with Gasteiger partial charge in [0.15, 0.2) is 5.82 Å². The first-order chi connectivity index (χ1) is 10.1. The molecule has 0 saturated heterocycles. The summed E-state index contributed by atoms with van der Waals surface area (Å²) in [6.07, 6.45) is 1.58. The van der Waals surface area contributed by atoms with E-state index in [0.29, 0.717) is 12.5 Å². The van der Waals surface area contributed by atoms with Gasteiger partial charge in [-0.2, -0.15) is 5.10 Å². The number of hydrogen-bond acceptors (Lipinski definition) is 4. The number of benzene rings is 1. The predicted octanol–water partition coefficient (Wildman–Crippen LogP) is 3.00. The van der Waals surface area contributed by atoms with Crippen LogP contribution in [-0.2, 0) is 19.7 Å². The van der Waals surface area contributed by atoms with Crippen molar-refractivity contribution in [3.05, 3.63) is 40.4 Å². The fourth-order valence-corrected chi connectivity index (χ4v) is 2.56. The zero-order valence-corrected chi connectivity index (χ0v) is 14.2. The molecule has 0 bridgehead atoms. The molecule has 0 unspecified atom stereocenters. The second kappa shape index (κ2) is 7.56. The summed E-state index contributed by atoms with van der Waals surface area (Å²) < 4.78 is 8.69. The van der Waals surface area contributed by atoms with Gasteiger partial charge in [0.05, 0.1) is 4.47 Å². The van der Waals surface area contributed by atoms with Crippen molar-refractivity contribution >= 4 is 15.9 Å². The monoisotopic (exact) mass is 352 g/mol. The maximum absolute atomic E-state index is 5.85. The molecule has 21 heavy (non-hydrogen) atoms. The highest BCUT2D eigenvalue weighted by Gasteiger charge is 2.09. The molecule has 0 aliphatic carbocycles. The standard InChI is InChI=1S/C15H21BrN4O/c1-11(2)8-20-15(18-10-19-20)9-21-14-5-4-12(7-17-3)6-13(14)16/h4-6,10-11,17H,7-9H2,1-3H3. The Kier molecular flexibility index (Phi) is 5.76. The van der Waals surface area contributed by atoms with Crippen molar-refractivity contribution in [3.8, 4) is 5.75 Å². The van der Waals surface area contributed by atoms with E-state index in [9.17, 15) is 0 Å². The second-order valence-corrected chi connectivity index (χ2v) is 6.19. The lowest BCUT2D eigenvalue weighted by Crippen LogP contribution is -2.12. The molecule has 0 aliphatic rings. The minimum Gasteiger partial charge on any atom is -0.484 e. The zero-order chi connectivity index (χ0) is 15.2. The minimum absolute atomic E-state index is 0.413. The van der Waals surface area contributed by atoms with E-state index in [1.54, 1.807) is 6.33 Å². The van der Waals surface area contributed by atoms with Gasteiger partial charge in [0.1, 0.15) is 18.7 Å². The molecule has 1 aromatic heterocycles. The highest BCUT2D eigenvalue weighted by Crippen LogP contribution is 2.26. The molecule has 1 N–H and O–H groups in total. The molecule has 1 aromatic carbocycles. The van der Waals surface area contributed by atoms with Gasteiger partial charge in [-0.3, -0.25) is 0 Å². The lowest BCUT2D eigenvalue weighted by molar-refractivity contribution is 0.281. The molecule has 1 heterocycles. The van der Waals surface area contributed by atoms with E-state index in [2.05, 4.69) is 57.3 Å². The smallest absolute Gasteiger partial charge is 0.164 e. The molecule has 0 atom stereocenters. The van der Waals surface area contributed by atoms with Crippen LogP contribution in [0.5, 0.6) is 5.75 Å². The van der Waals surface area contributed by atoms with Crippen LogP contribution in [0.3, 0.4) is 0 Å². The summed E-state index contributed by atoms with van der Waals surface area (Å²) in [5.41, 5.74) is 1.21. The van der Waals surface area contributed by atoms with Gasteiger partial charge < -0.3 is 10.1 Å². The summed E-state index contributed by atoms with van der Waals surface area (Å²) in [6, 6.07) is 6.08. The number of halogens is 1. The molecule has 5 nitrogen and oxygen atoms in total. The molecule has 0 spiro atoms. The van der Waals surface area contributed by atoms with Crippen LogP contribution in [0, 0.1) is 5.92 Å². The van der Waals surface area contributed by atoms with E-state index in [4.69, 9.17) is 4.74 Å². The van der Waals surface area contributed by atoms with Crippen LogP contribution in [0.25, 0.3) is 0 Å². The number of ether oxygens (including phenoxy) is 1. The minimum atomic E-state index is 0.413. The van der Waals surface area contributed by atoms with Crippen LogP contribution in [-0.4, -0.2) is 21.8 Å². The van der Waals surface area contributed by atoms with E-state index >= 15 is 0 Å². The van der Waals surface area contributed by atoms with E-state index < -0.39 is 0 Å². The van der Waals surface area contributed by atoms with Crippen molar-refractivity contribution < 1.29 is 4.74 Å². The highest BCUT2D eigenvalue weighted by atomic mass is 79.9. The van der Waals surface area contributed by atoms with Gasteiger partial charge in [-0.25, -0.2) is 9.67 Å². The molecule has 0 saturated carbocycles.